The predicted molar refractivity (Wildman–Crippen MR) is 80.8 cm³/mol. The highest BCUT2D eigenvalue weighted by Crippen LogP contribution is 2.09. The second kappa shape index (κ2) is 13.0. The quantitative estimate of drug-likeness (QED) is 0.843. The van der Waals surface area contributed by atoms with Crippen LogP contribution in [0.25, 0.3) is 0 Å². The number of ketones is 1. The number of carbonyl (C=O) groups is 1. The Morgan fingerprint density at radius 2 is 1.50 bits per heavy atom. The van der Waals surface area contributed by atoms with Crippen LogP contribution in [0.1, 0.15) is 60.8 Å². The summed E-state index contributed by atoms with van der Waals surface area (Å²) in [6.07, 6.45) is 3.83. The molecular weight excluding hydrogens is 224 g/mol. The van der Waals surface area contributed by atoms with Gasteiger partial charge in [-0.3, -0.25) is 4.79 Å². The van der Waals surface area contributed by atoms with Crippen LogP contribution in [-0.4, -0.2) is 36.4 Å². The highest BCUT2D eigenvalue weighted by molar-refractivity contribution is 5.85. The molecule has 0 amide bonds. The van der Waals surface area contributed by atoms with Crippen molar-refractivity contribution in [2.24, 2.45) is 11.7 Å². The summed E-state index contributed by atoms with van der Waals surface area (Å²) in [5.74, 6) is 0.255. The molecule has 0 bridgehead atoms. The van der Waals surface area contributed by atoms with Gasteiger partial charge in [0, 0.05) is 12.5 Å². The molecule has 1 aliphatic heterocycles. The molecule has 0 saturated carbocycles. The molecule has 1 unspecified atom stereocenters. The van der Waals surface area contributed by atoms with Crippen LogP contribution in [0.2, 0.25) is 0 Å². The first-order chi connectivity index (χ1) is 8.61. The third kappa shape index (κ3) is 8.65. The van der Waals surface area contributed by atoms with Gasteiger partial charge in [0.25, 0.3) is 0 Å². The van der Waals surface area contributed by atoms with E-state index in [4.69, 9.17) is 5.73 Å². The Kier molecular flexibility index (Phi) is 14.4. The van der Waals surface area contributed by atoms with Crippen molar-refractivity contribution >= 4 is 5.78 Å². The number of nitrogens with zero attached hydrogens (tertiary/aromatic N) is 1. The van der Waals surface area contributed by atoms with E-state index < -0.39 is 0 Å². The van der Waals surface area contributed by atoms with Gasteiger partial charge in [-0.15, -0.1) is 0 Å². The van der Waals surface area contributed by atoms with Crippen LogP contribution in [-0.2, 0) is 4.79 Å². The fraction of sp³-hybridized carbons (Fsp3) is 0.933. The summed E-state index contributed by atoms with van der Waals surface area (Å²) in [4.78, 5) is 13.9. The van der Waals surface area contributed by atoms with Crippen LogP contribution in [0.15, 0.2) is 0 Å². The van der Waals surface area contributed by atoms with E-state index in [0.717, 1.165) is 19.6 Å². The average molecular weight is 258 g/mol. The van der Waals surface area contributed by atoms with Gasteiger partial charge in [0.05, 0.1) is 6.04 Å². The van der Waals surface area contributed by atoms with Crippen molar-refractivity contribution in [1.29, 1.82) is 0 Å². The molecule has 1 saturated heterocycles. The average Bonchev–Trinajstić information content (AvgIpc) is 2.43. The molecular formula is C15H34N2O. The molecule has 1 aliphatic rings. The maximum atomic E-state index is 11.6. The minimum Gasteiger partial charge on any atom is -0.320 e. The highest BCUT2D eigenvalue weighted by atomic mass is 16.1. The van der Waals surface area contributed by atoms with E-state index in [-0.39, 0.29) is 17.7 Å². The van der Waals surface area contributed by atoms with Gasteiger partial charge in [-0.25, -0.2) is 0 Å². The van der Waals surface area contributed by atoms with Gasteiger partial charge < -0.3 is 10.6 Å². The van der Waals surface area contributed by atoms with Gasteiger partial charge in [-0.2, -0.15) is 0 Å². The van der Waals surface area contributed by atoms with Gasteiger partial charge >= 0.3 is 0 Å². The standard InChI is InChI=1S/C11H22N2O.2C2H6/c1-9(2)11(14)10(12)8-13-6-4-3-5-7-13;2*1-2/h9-10H,3-8,12H2,1-2H3;2*1-2H3. The Labute approximate surface area is 114 Å². The van der Waals surface area contributed by atoms with E-state index in [2.05, 4.69) is 4.90 Å². The lowest BCUT2D eigenvalue weighted by molar-refractivity contribution is -0.123. The van der Waals surface area contributed by atoms with E-state index >= 15 is 0 Å². The zero-order chi connectivity index (χ0) is 14.6. The number of nitrogens with two attached hydrogens (primary N) is 1. The normalized spacial score (nSPS) is 17.1. The molecule has 0 spiro atoms. The first-order valence-electron chi connectivity index (χ1n) is 7.63. The number of rotatable bonds is 4. The minimum atomic E-state index is -0.284. The summed E-state index contributed by atoms with van der Waals surface area (Å²) in [6.45, 7) is 14.8. The summed E-state index contributed by atoms with van der Waals surface area (Å²) in [7, 11) is 0. The van der Waals surface area contributed by atoms with Crippen molar-refractivity contribution in [2.75, 3.05) is 19.6 Å². The fourth-order valence-electron chi connectivity index (χ4n) is 1.94. The smallest absolute Gasteiger partial charge is 0.153 e. The second-order valence-electron chi connectivity index (χ2n) is 4.52. The monoisotopic (exact) mass is 258 g/mol. The topological polar surface area (TPSA) is 46.3 Å². The molecule has 0 aromatic carbocycles. The lowest BCUT2D eigenvalue weighted by Crippen LogP contribution is -2.45. The molecule has 0 aromatic rings. The van der Waals surface area contributed by atoms with Crippen molar-refractivity contribution < 1.29 is 4.79 Å². The van der Waals surface area contributed by atoms with Gasteiger partial charge in [0.1, 0.15) is 0 Å². The van der Waals surface area contributed by atoms with Crippen LogP contribution in [0, 0.1) is 5.92 Å². The molecule has 1 atom stereocenters. The van der Waals surface area contributed by atoms with E-state index in [1.165, 1.54) is 19.3 Å². The highest BCUT2D eigenvalue weighted by Gasteiger charge is 2.20. The molecule has 0 aliphatic carbocycles. The third-order valence-corrected chi connectivity index (χ3v) is 2.84. The number of hydrogen-bond donors (Lipinski definition) is 1. The Balaban J connectivity index is 0. The lowest BCUT2D eigenvalue weighted by atomic mass is 10.0. The SMILES string of the molecule is CC.CC.CC(C)C(=O)C(N)CN1CCCCC1. The number of carbonyl (C=O) groups excluding carboxylic acids is 1. The molecule has 1 heterocycles. The van der Waals surface area contributed by atoms with Crippen LogP contribution < -0.4 is 5.73 Å². The van der Waals surface area contributed by atoms with E-state index in [1.807, 2.05) is 41.5 Å². The van der Waals surface area contributed by atoms with Crippen LogP contribution in [0.5, 0.6) is 0 Å². The summed E-state index contributed by atoms with van der Waals surface area (Å²) in [5.41, 5.74) is 5.86. The summed E-state index contributed by atoms with van der Waals surface area (Å²) in [6, 6.07) is -0.284. The van der Waals surface area contributed by atoms with Gasteiger partial charge in [0.2, 0.25) is 0 Å². The minimum absolute atomic E-state index is 0.0646. The largest absolute Gasteiger partial charge is 0.320 e. The lowest BCUT2D eigenvalue weighted by Gasteiger charge is -2.28. The van der Waals surface area contributed by atoms with E-state index in [1.54, 1.807) is 0 Å². The molecule has 2 N–H and O–H groups in total. The maximum Gasteiger partial charge on any atom is 0.153 e. The Morgan fingerprint density at radius 1 is 1.06 bits per heavy atom. The molecule has 3 nitrogen and oxygen atoms in total. The Bertz CT molecular complexity index is 187. The molecule has 3 heteroatoms. The molecule has 0 aromatic heterocycles. The Hall–Kier alpha value is -0.410. The molecule has 18 heavy (non-hydrogen) atoms. The van der Waals surface area contributed by atoms with Crippen molar-refractivity contribution in [2.45, 2.75) is 66.8 Å². The fourth-order valence-corrected chi connectivity index (χ4v) is 1.94. The van der Waals surface area contributed by atoms with Crippen molar-refractivity contribution in [3.05, 3.63) is 0 Å². The maximum absolute atomic E-state index is 11.6. The van der Waals surface area contributed by atoms with E-state index in [0.29, 0.717) is 0 Å². The molecule has 1 fully saturated rings. The molecule has 1 rings (SSSR count). The summed E-state index contributed by atoms with van der Waals surface area (Å²) in [5, 5.41) is 0. The molecule has 0 radical (unpaired) electrons. The number of piperidine rings is 1. The zero-order valence-electron chi connectivity index (χ0n) is 13.3. The van der Waals surface area contributed by atoms with Crippen molar-refractivity contribution in [3.8, 4) is 0 Å². The van der Waals surface area contributed by atoms with Gasteiger partial charge in [-0.1, -0.05) is 48.0 Å². The van der Waals surface area contributed by atoms with Crippen LogP contribution in [0.4, 0.5) is 0 Å². The van der Waals surface area contributed by atoms with Gasteiger partial charge in [0.15, 0.2) is 5.78 Å². The van der Waals surface area contributed by atoms with Crippen LogP contribution >= 0.6 is 0 Å². The van der Waals surface area contributed by atoms with Crippen molar-refractivity contribution in [3.63, 3.8) is 0 Å². The predicted octanol–water partition coefficient (Wildman–Crippen LogP) is 3.08. The number of hydrogen-bond acceptors (Lipinski definition) is 3. The number of Topliss-reactive ketones (excluding diaryl/α,β-unsaturated/α-hetero) is 1. The first kappa shape index (κ1) is 19.9. The summed E-state index contributed by atoms with van der Waals surface area (Å²) >= 11 is 0. The zero-order valence-corrected chi connectivity index (χ0v) is 13.3. The van der Waals surface area contributed by atoms with Crippen molar-refractivity contribution in [1.82, 2.24) is 4.90 Å². The van der Waals surface area contributed by atoms with E-state index in [9.17, 15) is 4.79 Å². The third-order valence-electron chi connectivity index (χ3n) is 2.84. The summed E-state index contributed by atoms with van der Waals surface area (Å²) < 4.78 is 0. The van der Waals surface area contributed by atoms with Crippen LogP contribution in [0.3, 0.4) is 0 Å². The first-order valence-corrected chi connectivity index (χ1v) is 7.63. The second-order valence-corrected chi connectivity index (χ2v) is 4.52. The van der Waals surface area contributed by atoms with Gasteiger partial charge in [-0.05, 0) is 25.9 Å². The Morgan fingerprint density at radius 3 is 1.89 bits per heavy atom. The molecule has 110 valence electrons. The number of likely N-dealkylation sites (tertiary alicyclic amines) is 1.